The third kappa shape index (κ3) is 4.98. The molecule has 4 atom stereocenters. The van der Waals surface area contributed by atoms with Crippen molar-refractivity contribution in [1.29, 1.82) is 0 Å². The highest BCUT2D eigenvalue weighted by Crippen LogP contribution is 2.55. The van der Waals surface area contributed by atoms with Gasteiger partial charge in [-0.25, -0.2) is 0 Å². The zero-order chi connectivity index (χ0) is 28.0. The first-order valence-electron chi connectivity index (χ1n) is 14.7. The van der Waals surface area contributed by atoms with Gasteiger partial charge in [0.25, 0.3) is 5.91 Å². The number of nitrogens with zero attached hydrogens (tertiary/aromatic N) is 1. The highest BCUT2D eigenvalue weighted by molar-refractivity contribution is 5.98. The molecule has 1 heterocycles. The van der Waals surface area contributed by atoms with Crippen molar-refractivity contribution >= 4 is 22.6 Å². The topological polar surface area (TPSA) is 64.6 Å². The van der Waals surface area contributed by atoms with Gasteiger partial charge in [0, 0.05) is 36.3 Å². The van der Waals surface area contributed by atoms with E-state index in [4.69, 9.17) is 9.47 Å². The largest absolute Gasteiger partial charge is 0.497 e. The Bertz CT molecular complexity index is 1430. The van der Waals surface area contributed by atoms with Crippen molar-refractivity contribution in [3.63, 3.8) is 0 Å². The lowest BCUT2D eigenvalue weighted by Crippen LogP contribution is -2.72. The van der Waals surface area contributed by atoms with Crippen molar-refractivity contribution in [1.82, 2.24) is 5.32 Å². The van der Waals surface area contributed by atoms with Gasteiger partial charge in [0.15, 0.2) is 5.60 Å². The summed E-state index contributed by atoms with van der Waals surface area (Å²) < 4.78 is 13.1. The molecule has 1 unspecified atom stereocenters. The molecule has 6 heteroatoms. The highest BCUT2D eigenvalue weighted by Gasteiger charge is 2.65. The molecule has 3 aromatic carbocycles. The summed E-state index contributed by atoms with van der Waals surface area (Å²) in [6, 6.07) is 22.2. The van der Waals surface area contributed by atoms with Crippen molar-refractivity contribution in [3.05, 3.63) is 77.9 Å². The van der Waals surface area contributed by atoms with E-state index in [0.29, 0.717) is 12.0 Å². The Morgan fingerprint density at radius 3 is 2.52 bits per heavy atom. The Hall–Kier alpha value is -3.38. The number of likely N-dealkylation sites (tertiary alicyclic amines) is 1. The van der Waals surface area contributed by atoms with Gasteiger partial charge in [-0.2, -0.15) is 0 Å². The molecule has 3 aliphatic rings. The number of rotatable bonds is 7. The molecular formula is C34H41N2O4+. The van der Waals surface area contributed by atoms with Crippen molar-refractivity contribution in [2.24, 2.45) is 5.92 Å². The van der Waals surface area contributed by atoms with E-state index in [0.717, 1.165) is 71.4 Å². The number of hydrogen-bond donors (Lipinski definition) is 1. The first kappa shape index (κ1) is 26.8. The standard InChI is InChI=1S/C34H40N2O4/c1-24(37)40-34-16-15-30(35-32(38)28-14-13-26-7-4-5-8-27(26)19-28)21-33(34,29-9-6-10-31(20-29)39-3)17-18-36(2,23-34)22-25-11-12-25/h4-10,13-14,19-20,25,30H,11-12,15-18,21-23H2,1-3H3/p+1/t30-,33+,34?,36-/m1/s1. The molecule has 1 saturated heterocycles. The van der Waals surface area contributed by atoms with Crippen molar-refractivity contribution in [3.8, 4) is 5.75 Å². The van der Waals surface area contributed by atoms with E-state index in [1.165, 1.54) is 12.8 Å². The molecule has 1 amide bonds. The maximum absolute atomic E-state index is 13.5. The Morgan fingerprint density at radius 2 is 1.77 bits per heavy atom. The number of benzene rings is 3. The Kier molecular flexibility index (Phi) is 6.86. The van der Waals surface area contributed by atoms with E-state index in [1.807, 2.05) is 48.5 Å². The van der Waals surface area contributed by atoms with E-state index in [1.54, 1.807) is 14.0 Å². The van der Waals surface area contributed by atoms with E-state index in [-0.39, 0.29) is 17.9 Å². The first-order valence-corrected chi connectivity index (χ1v) is 14.7. The van der Waals surface area contributed by atoms with E-state index in [2.05, 4.69) is 30.6 Å². The second kappa shape index (κ2) is 10.2. The lowest BCUT2D eigenvalue weighted by molar-refractivity contribution is -0.924. The molecule has 0 bridgehead atoms. The lowest BCUT2D eigenvalue weighted by Gasteiger charge is -2.60. The highest BCUT2D eigenvalue weighted by atomic mass is 16.6. The molecule has 0 radical (unpaired) electrons. The van der Waals surface area contributed by atoms with Crippen molar-refractivity contribution in [2.75, 3.05) is 33.8 Å². The third-order valence-electron chi connectivity index (χ3n) is 9.78. The summed E-state index contributed by atoms with van der Waals surface area (Å²) >= 11 is 0. The predicted octanol–water partition coefficient (Wildman–Crippen LogP) is 5.63. The van der Waals surface area contributed by atoms with Gasteiger partial charge in [-0.3, -0.25) is 9.59 Å². The zero-order valence-corrected chi connectivity index (χ0v) is 23.9. The number of nitrogens with one attached hydrogen (secondary N) is 1. The van der Waals surface area contributed by atoms with Gasteiger partial charge in [-0.1, -0.05) is 42.5 Å². The number of fused-ring (bicyclic) bond motifs is 2. The molecule has 40 heavy (non-hydrogen) atoms. The molecule has 1 aliphatic heterocycles. The minimum absolute atomic E-state index is 0.0332. The van der Waals surface area contributed by atoms with Crippen LogP contribution in [0.25, 0.3) is 10.8 Å². The molecule has 2 aliphatic carbocycles. The third-order valence-corrected chi connectivity index (χ3v) is 9.78. The number of carbonyl (C=O) groups excluding carboxylic acids is 2. The van der Waals surface area contributed by atoms with Crippen LogP contribution in [0.2, 0.25) is 0 Å². The zero-order valence-electron chi connectivity index (χ0n) is 23.9. The summed E-state index contributed by atoms with van der Waals surface area (Å²) in [5, 5.41) is 5.55. The van der Waals surface area contributed by atoms with Gasteiger partial charge >= 0.3 is 5.97 Å². The number of carbonyl (C=O) groups is 2. The van der Waals surface area contributed by atoms with Gasteiger partial charge < -0.3 is 19.3 Å². The molecule has 3 fully saturated rings. The van der Waals surface area contributed by atoms with Crippen LogP contribution in [0.15, 0.2) is 66.7 Å². The average Bonchev–Trinajstić information content (AvgIpc) is 3.76. The normalized spacial score (nSPS) is 29.8. The second-order valence-electron chi connectivity index (χ2n) is 12.8. The summed E-state index contributed by atoms with van der Waals surface area (Å²) in [7, 11) is 4.03. The van der Waals surface area contributed by atoms with Gasteiger partial charge in [-0.15, -0.1) is 0 Å². The van der Waals surface area contributed by atoms with Crippen molar-refractivity contribution < 1.29 is 23.5 Å². The number of esters is 1. The number of methoxy groups -OCH3 is 1. The molecule has 6 rings (SSSR count). The predicted molar refractivity (Wildman–Crippen MR) is 156 cm³/mol. The molecular weight excluding hydrogens is 500 g/mol. The summed E-state index contributed by atoms with van der Waals surface area (Å²) in [5.41, 5.74) is 0.740. The molecule has 0 aromatic heterocycles. The quantitative estimate of drug-likeness (QED) is 0.311. The SMILES string of the molecule is COc1cccc([C@@]23CC[N@+](C)(CC4CC4)CC2(OC(C)=O)CC[C@@H](NC(=O)c2ccc4ccccc4c2)C3)c1. The summed E-state index contributed by atoms with van der Waals surface area (Å²) in [6.45, 7) is 4.49. The summed E-state index contributed by atoms with van der Waals surface area (Å²) in [4.78, 5) is 26.3. The number of amides is 1. The van der Waals surface area contributed by atoms with Gasteiger partial charge in [0.05, 0.1) is 27.2 Å². The van der Waals surface area contributed by atoms with E-state index in [9.17, 15) is 9.59 Å². The first-order chi connectivity index (χ1) is 19.2. The fourth-order valence-electron chi connectivity index (χ4n) is 7.78. The Morgan fingerprint density at radius 1 is 0.975 bits per heavy atom. The lowest BCUT2D eigenvalue weighted by atomic mass is 9.54. The molecule has 2 saturated carbocycles. The van der Waals surface area contributed by atoms with E-state index < -0.39 is 11.0 Å². The summed E-state index contributed by atoms with van der Waals surface area (Å²) in [5.74, 6) is 1.29. The van der Waals surface area contributed by atoms with Crippen molar-refractivity contribution in [2.45, 2.75) is 62.5 Å². The van der Waals surface area contributed by atoms with Crippen LogP contribution in [0.4, 0.5) is 0 Å². The molecule has 0 spiro atoms. The number of likely N-dealkylation sites (N-methyl/N-ethyl adjacent to an activating group) is 1. The van der Waals surface area contributed by atoms with E-state index >= 15 is 0 Å². The van der Waals surface area contributed by atoms with Crippen LogP contribution >= 0.6 is 0 Å². The fraction of sp³-hybridized carbons (Fsp3) is 0.471. The van der Waals surface area contributed by atoms with Crippen LogP contribution in [0, 0.1) is 5.92 Å². The summed E-state index contributed by atoms with van der Waals surface area (Å²) in [6.07, 6.45) is 5.69. The van der Waals surface area contributed by atoms with Crippen LogP contribution < -0.4 is 10.1 Å². The number of hydrogen-bond acceptors (Lipinski definition) is 4. The number of quaternary nitrogens is 1. The second-order valence-corrected chi connectivity index (χ2v) is 12.8. The van der Waals surface area contributed by atoms with Crippen LogP contribution in [0.1, 0.15) is 61.4 Å². The monoisotopic (exact) mass is 541 g/mol. The Labute approximate surface area is 237 Å². The minimum Gasteiger partial charge on any atom is -0.497 e. The van der Waals surface area contributed by atoms with Gasteiger partial charge in [0.2, 0.25) is 0 Å². The number of piperidine rings is 1. The van der Waals surface area contributed by atoms with Crippen LogP contribution in [0.3, 0.4) is 0 Å². The Balaban J connectivity index is 1.35. The maximum Gasteiger partial charge on any atom is 0.303 e. The fourth-order valence-corrected chi connectivity index (χ4v) is 7.78. The van der Waals surface area contributed by atoms with Gasteiger partial charge in [-0.05, 0) is 72.7 Å². The molecule has 210 valence electrons. The number of ether oxygens (including phenoxy) is 2. The molecule has 3 aromatic rings. The molecule has 6 nitrogen and oxygen atoms in total. The van der Waals surface area contributed by atoms with Crippen LogP contribution in [0.5, 0.6) is 5.75 Å². The minimum atomic E-state index is -0.642. The molecule has 1 N–H and O–H groups in total. The smallest absolute Gasteiger partial charge is 0.303 e. The maximum atomic E-state index is 13.5. The van der Waals surface area contributed by atoms with Gasteiger partial charge in [0.1, 0.15) is 12.3 Å². The van der Waals surface area contributed by atoms with Crippen LogP contribution in [-0.2, 0) is 14.9 Å². The average molecular weight is 542 g/mol. The van der Waals surface area contributed by atoms with Crippen LogP contribution in [-0.4, -0.2) is 61.8 Å².